The maximum Gasteiger partial charge on any atom is 0.161 e. The molecule has 3 heterocycles. The van der Waals surface area contributed by atoms with Crippen molar-refractivity contribution in [2.45, 2.75) is 64.6 Å². The zero-order valence-electron chi connectivity index (χ0n) is 20.3. The molecule has 1 fully saturated rings. The first-order chi connectivity index (χ1) is 17.2. The molecule has 0 radical (unpaired) electrons. The Bertz CT molecular complexity index is 1330. The fourth-order valence-electron chi connectivity index (χ4n) is 5.47. The summed E-state index contributed by atoms with van der Waals surface area (Å²) in [6.07, 6.45) is 7.78. The van der Waals surface area contributed by atoms with Gasteiger partial charge in [-0.2, -0.15) is 0 Å². The molecule has 178 valence electrons. The summed E-state index contributed by atoms with van der Waals surface area (Å²) in [5.41, 5.74) is 3.06. The summed E-state index contributed by atoms with van der Waals surface area (Å²) in [4.78, 5) is 12.5. The Morgan fingerprint density at radius 1 is 1.00 bits per heavy atom. The molecule has 0 spiro atoms. The molecular formula is C28H30N6O. The highest BCUT2D eigenvalue weighted by Crippen LogP contribution is 2.43. The van der Waals surface area contributed by atoms with Crippen molar-refractivity contribution in [3.05, 3.63) is 78.0 Å². The largest absolute Gasteiger partial charge is 0.489 e. The highest BCUT2D eigenvalue weighted by atomic mass is 16.5. The van der Waals surface area contributed by atoms with Crippen LogP contribution in [-0.4, -0.2) is 30.8 Å². The number of ether oxygens (including phenoxy) is 1. The van der Waals surface area contributed by atoms with Gasteiger partial charge in [-0.25, -0.2) is 9.97 Å². The molecule has 1 saturated carbocycles. The van der Waals surface area contributed by atoms with Gasteiger partial charge in [0.05, 0.1) is 12.2 Å². The van der Waals surface area contributed by atoms with Crippen molar-refractivity contribution in [1.29, 1.82) is 0 Å². The molecule has 7 heteroatoms. The number of nitrogens with zero attached hydrogens (tertiary/aromatic N) is 6. The SMILES string of the molecule is CCC1c2nnc(C)n2-c2cnc(-c3cccc(OCc4ccccc4)c3)nc2N1C1CCCC1. The molecule has 1 unspecified atom stereocenters. The van der Waals surface area contributed by atoms with Crippen LogP contribution in [0, 0.1) is 6.92 Å². The highest BCUT2D eigenvalue weighted by molar-refractivity contribution is 5.67. The Morgan fingerprint density at radius 3 is 2.63 bits per heavy atom. The third kappa shape index (κ3) is 3.95. The number of hydrogen-bond donors (Lipinski definition) is 0. The lowest BCUT2D eigenvalue weighted by Crippen LogP contribution is -2.42. The third-order valence-electron chi connectivity index (χ3n) is 7.16. The summed E-state index contributed by atoms with van der Waals surface area (Å²) in [5.74, 6) is 4.37. The van der Waals surface area contributed by atoms with Gasteiger partial charge >= 0.3 is 0 Å². The number of aromatic nitrogens is 5. The van der Waals surface area contributed by atoms with Crippen molar-refractivity contribution < 1.29 is 4.74 Å². The monoisotopic (exact) mass is 466 g/mol. The lowest BCUT2D eigenvalue weighted by Gasteiger charge is -2.41. The molecule has 1 aliphatic carbocycles. The van der Waals surface area contributed by atoms with Crippen LogP contribution in [0.1, 0.15) is 62.3 Å². The summed E-state index contributed by atoms with van der Waals surface area (Å²) >= 11 is 0. The Labute approximate surface area is 205 Å². The zero-order valence-corrected chi connectivity index (χ0v) is 20.3. The van der Waals surface area contributed by atoms with E-state index in [1.807, 2.05) is 55.6 Å². The molecule has 2 aliphatic rings. The predicted octanol–water partition coefficient (Wildman–Crippen LogP) is 5.83. The average molecular weight is 467 g/mol. The molecule has 0 amide bonds. The standard InChI is InChI=1S/C28H30N6O/c1-3-24-28-32-31-19(2)33(28)25-17-29-26(30-27(25)34(24)22-13-7-8-14-22)21-12-9-15-23(16-21)35-18-20-10-5-4-6-11-20/h4-6,9-12,15-17,22,24H,3,7-8,13-14,18H2,1-2H3. The summed E-state index contributed by atoms with van der Waals surface area (Å²) in [7, 11) is 0. The van der Waals surface area contributed by atoms with Crippen molar-refractivity contribution in [2.24, 2.45) is 0 Å². The number of fused-ring (bicyclic) bond motifs is 3. The van der Waals surface area contributed by atoms with E-state index in [1.54, 1.807) is 0 Å². The normalized spacial score (nSPS) is 17.3. The Hall–Kier alpha value is -3.74. The first-order valence-corrected chi connectivity index (χ1v) is 12.6. The van der Waals surface area contributed by atoms with Crippen LogP contribution >= 0.6 is 0 Å². The van der Waals surface area contributed by atoms with Crippen molar-refractivity contribution in [1.82, 2.24) is 24.7 Å². The van der Waals surface area contributed by atoms with Gasteiger partial charge in [-0.3, -0.25) is 4.57 Å². The summed E-state index contributed by atoms with van der Waals surface area (Å²) in [5, 5.41) is 8.97. The van der Waals surface area contributed by atoms with Gasteiger partial charge in [0.1, 0.15) is 23.9 Å². The van der Waals surface area contributed by atoms with Gasteiger partial charge in [0.25, 0.3) is 0 Å². The van der Waals surface area contributed by atoms with Crippen LogP contribution in [0.2, 0.25) is 0 Å². The summed E-state index contributed by atoms with van der Waals surface area (Å²) in [6, 6.07) is 18.9. The van der Waals surface area contributed by atoms with Gasteiger partial charge in [0, 0.05) is 11.6 Å². The quantitative estimate of drug-likeness (QED) is 0.356. The van der Waals surface area contributed by atoms with Gasteiger partial charge in [-0.05, 0) is 43.9 Å². The first kappa shape index (κ1) is 21.8. The van der Waals surface area contributed by atoms with E-state index in [4.69, 9.17) is 14.7 Å². The summed E-state index contributed by atoms with van der Waals surface area (Å²) in [6.45, 7) is 4.75. The number of rotatable bonds is 6. The second-order valence-electron chi connectivity index (χ2n) is 9.41. The average Bonchev–Trinajstić information content (AvgIpc) is 3.57. The fraction of sp³-hybridized carbons (Fsp3) is 0.357. The Morgan fingerprint density at radius 2 is 1.83 bits per heavy atom. The van der Waals surface area contributed by atoms with E-state index in [-0.39, 0.29) is 6.04 Å². The van der Waals surface area contributed by atoms with E-state index in [1.165, 1.54) is 25.7 Å². The minimum Gasteiger partial charge on any atom is -0.489 e. The van der Waals surface area contributed by atoms with E-state index in [9.17, 15) is 0 Å². The number of hydrogen-bond acceptors (Lipinski definition) is 6. The summed E-state index contributed by atoms with van der Waals surface area (Å²) < 4.78 is 8.21. The van der Waals surface area contributed by atoms with Crippen LogP contribution in [-0.2, 0) is 6.61 Å². The molecule has 1 aliphatic heterocycles. The van der Waals surface area contributed by atoms with Gasteiger partial charge in [-0.15, -0.1) is 10.2 Å². The second-order valence-corrected chi connectivity index (χ2v) is 9.41. The first-order valence-electron chi connectivity index (χ1n) is 12.6. The van der Waals surface area contributed by atoms with E-state index < -0.39 is 0 Å². The molecule has 0 saturated heterocycles. The Balaban J connectivity index is 1.38. The highest BCUT2D eigenvalue weighted by Gasteiger charge is 2.39. The predicted molar refractivity (Wildman–Crippen MR) is 136 cm³/mol. The van der Waals surface area contributed by atoms with Crippen molar-refractivity contribution in [3.63, 3.8) is 0 Å². The number of benzene rings is 2. The maximum atomic E-state index is 6.07. The zero-order chi connectivity index (χ0) is 23.8. The smallest absolute Gasteiger partial charge is 0.161 e. The molecule has 7 nitrogen and oxygen atoms in total. The van der Waals surface area contributed by atoms with Gasteiger partial charge in [-0.1, -0.05) is 62.2 Å². The van der Waals surface area contributed by atoms with E-state index in [2.05, 4.69) is 38.7 Å². The van der Waals surface area contributed by atoms with E-state index in [0.717, 1.165) is 46.5 Å². The lowest BCUT2D eigenvalue weighted by molar-refractivity contribution is 0.306. The molecule has 1 atom stereocenters. The third-order valence-corrected chi connectivity index (χ3v) is 7.16. The Kier molecular flexibility index (Phi) is 5.68. The van der Waals surface area contributed by atoms with E-state index >= 15 is 0 Å². The van der Waals surface area contributed by atoms with Crippen molar-refractivity contribution in [3.8, 4) is 22.8 Å². The van der Waals surface area contributed by atoms with Crippen LogP contribution < -0.4 is 9.64 Å². The van der Waals surface area contributed by atoms with E-state index in [0.29, 0.717) is 18.5 Å². The van der Waals surface area contributed by atoms with Crippen LogP contribution in [0.3, 0.4) is 0 Å². The number of aryl methyl sites for hydroxylation is 1. The molecule has 2 aromatic heterocycles. The van der Waals surface area contributed by atoms with Gasteiger partial charge in [0.2, 0.25) is 0 Å². The molecule has 2 aromatic carbocycles. The second kappa shape index (κ2) is 9.13. The lowest BCUT2D eigenvalue weighted by atomic mass is 10.0. The van der Waals surface area contributed by atoms with Gasteiger partial charge in [0.15, 0.2) is 17.5 Å². The molecule has 35 heavy (non-hydrogen) atoms. The molecule has 0 N–H and O–H groups in total. The molecule has 6 rings (SSSR count). The van der Waals surface area contributed by atoms with Crippen molar-refractivity contribution >= 4 is 5.82 Å². The van der Waals surface area contributed by atoms with Crippen LogP contribution in [0.15, 0.2) is 60.8 Å². The van der Waals surface area contributed by atoms with Crippen LogP contribution in [0.5, 0.6) is 5.75 Å². The molecule has 0 bridgehead atoms. The van der Waals surface area contributed by atoms with Crippen LogP contribution in [0.25, 0.3) is 17.1 Å². The van der Waals surface area contributed by atoms with Crippen LogP contribution in [0.4, 0.5) is 5.82 Å². The minimum atomic E-state index is 0.162. The van der Waals surface area contributed by atoms with Gasteiger partial charge < -0.3 is 9.64 Å². The number of anilines is 1. The fourth-order valence-corrected chi connectivity index (χ4v) is 5.47. The molecular weight excluding hydrogens is 436 g/mol. The topological polar surface area (TPSA) is 69.0 Å². The molecule has 4 aromatic rings. The minimum absolute atomic E-state index is 0.162. The maximum absolute atomic E-state index is 6.07. The van der Waals surface area contributed by atoms with Crippen molar-refractivity contribution in [2.75, 3.05) is 4.90 Å².